The van der Waals surface area contributed by atoms with Gasteiger partial charge in [-0.15, -0.1) is 13.2 Å². The highest BCUT2D eigenvalue weighted by atomic mass is 19.4. The summed E-state index contributed by atoms with van der Waals surface area (Å²) in [6.07, 6.45) is -4.72. The van der Waals surface area contributed by atoms with Crippen LogP contribution >= 0.6 is 0 Å². The normalized spacial score (nSPS) is 13.9. The quantitative estimate of drug-likeness (QED) is 0.898. The van der Waals surface area contributed by atoms with Crippen molar-refractivity contribution in [2.24, 2.45) is 11.7 Å². The molecule has 1 aromatic carbocycles. The molecule has 0 aromatic heterocycles. The van der Waals surface area contributed by atoms with Gasteiger partial charge in [0.05, 0.1) is 6.61 Å². The van der Waals surface area contributed by atoms with Gasteiger partial charge in [0.2, 0.25) is 0 Å². The maximum Gasteiger partial charge on any atom is 0.573 e. The summed E-state index contributed by atoms with van der Waals surface area (Å²) in [4.78, 5) is 0. The van der Waals surface area contributed by atoms with E-state index in [9.17, 15) is 13.2 Å². The average Bonchev–Trinajstić information content (AvgIpc) is 2.32. The first kappa shape index (κ1) is 17.6. The highest BCUT2D eigenvalue weighted by molar-refractivity contribution is 5.44. The Morgan fingerprint density at radius 1 is 1.19 bits per heavy atom. The van der Waals surface area contributed by atoms with E-state index in [2.05, 4.69) is 4.74 Å². The Morgan fingerprint density at radius 2 is 1.81 bits per heavy atom. The SMILES string of the molecule is CC(CN)COc1cc(OC(F)(F)F)ccc1C(C)(C)C. The maximum atomic E-state index is 12.3. The van der Waals surface area contributed by atoms with Gasteiger partial charge in [-0.25, -0.2) is 0 Å². The summed E-state index contributed by atoms with van der Waals surface area (Å²) in [6, 6.07) is 4.17. The van der Waals surface area contributed by atoms with E-state index in [-0.39, 0.29) is 17.1 Å². The van der Waals surface area contributed by atoms with E-state index >= 15 is 0 Å². The molecule has 1 aromatic rings. The molecule has 0 bridgehead atoms. The van der Waals surface area contributed by atoms with Crippen molar-refractivity contribution in [2.75, 3.05) is 13.2 Å². The van der Waals surface area contributed by atoms with Crippen LogP contribution in [0.15, 0.2) is 18.2 Å². The number of benzene rings is 1. The van der Waals surface area contributed by atoms with Crippen LogP contribution < -0.4 is 15.2 Å². The fraction of sp³-hybridized carbons (Fsp3) is 0.600. The van der Waals surface area contributed by atoms with Gasteiger partial charge in [-0.3, -0.25) is 0 Å². The lowest BCUT2D eigenvalue weighted by Gasteiger charge is -2.24. The second-order valence-corrected chi connectivity index (χ2v) is 6.11. The topological polar surface area (TPSA) is 44.5 Å². The first-order chi connectivity index (χ1) is 9.53. The molecular formula is C15H22F3NO2. The van der Waals surface area contributed by atoms with Crippen LogP contribution in [0.1, 0.15) is 33.3 Å². The molecule has 0 heterocycles. The van der Waals surface area contributed by atoms with Crippen molar-refractivity contribution < 1.29 is 22.6 Å². The lowest BCUT2D eigenvalue weighted by molar-refractivity contribution is -0.274. The average molecular weight is 305 g/mol. The minimum atomic E-state index is -4.72. The van der Waals surface area contributed by atoms with Gasteiger partial charge >= 0.3 is 6.36 Å². The van der Waals surface area contributed by atoms with Crippen LogP contribution in [0.25, 0.3) is 0 Å². The van der Waals surface area contributed by atoms with Crippen molar-refractivity contribution >= 4 is 0 Å². The zero-order valence-electron chi connectivity index (χ0n) is 12.8. The van der Waals surface area contributed by atoms with Crippen molar-refractivity contribution in [3.63, 3.8) is 0 Å². The molecule has 3 nitrogen and oxygen atoms in total. The van der Waals surface area contributed by atoms with Gasteiger partial charge in [-0.05, 0) is 23.6 Å². The molecule has 0 aliphatic rings. The third-order valence-electron chi connectivity index (χ3n) is 2.92. The lowest BCUT2D eigenvalue weighted by Crippen LogP contribution is -2.21. The second kappa shape index (κ2) is 6.56. The molecule has 1 unspecified atom stereocenters. The molecule has 0 aliphatic heterocycles. The predicted octanol–water partition coefficient (Wildman–Crippen LogP) is 3.86. The van der Waals surface area contributed by atoms with Gasteiger partial charge in [0.25, 0.3) is 0 Å². The molecule has 1 atom stereocenters. The summed E-state index contributed by atoms with van der Waals surface area (Å²) in [5.41, 5.74) is 6.09. The molecule has 1 rings (SSSR count). The number of hydrogen-bond donors (Lipinski definition) is 1. The first-order valence-corrected chi connectivity index (χ1v) is 6.76. The third kappa shape index (κ3) is 5.83. The Balaban J connectivity index is 3.05. The van der Waals surface area contributed by atoms with E-state index in [0.29, 0.717) is 18.9 Å². The largest absolute Gasteiger partial charge is 0.573 e. The van der Waals surface area contributed by atoms with Crippen molar-refractivity contribution in [3.8, 4) is 11.5 Å². The summed E-state index contributed by atoms with van der Waals surface area (Å²) in [6.45, 7) is 8.59. The van der Waals surface area contributed by atoms with Crippen LogP contribution in [0.3, 0.4) is 0 Å². The molecule has 0 radical (unpaired) electrons. The molecule has 2 N–H and O–H groups in total. The first-order valence-electron chi connectivity index (χ1n) is 6.76. The Morgan fingerprint density at radius 3 is 2.29 bits per heavy atom. The van der Waals surface area contributed by atoms with Crippen LogP contribution in [0, 0.1) is 5.92 Å². The molecule has 21 heavy (non-hydrogen) atoms. The minimum absolute atomic E-state index is 0.116. The zero-order chi connectivity index (χ0) is 16.3. The fourth-order valence-electron chi connectivity index (χ4n) is 1.74. The van der Waals surface area contributed by atoms with Gasteiger partial charge in [-0.2, -0.15) is 0 Å². The third-order valence-corrected chi connectivity index (χ3v) is 2.92. The van der Waals surface area contributed by atoms with E-state index in [1.807, 2.05) is 27.7 Å². The number of hydrogen-bond acceptors (Lipinski definition) is 3. The van der Waals surface area contributed by atoms with Crippen LogP contribution in [0.4, 0.5) is 13.2 Å². The molecule has 0 saturated carbocycles. The number of rotatable bonds is 5. The van der Waals surface area contributed by atoms with Gasteiger partial charge < -0.3 is 15.2 Å². The maximum absolute atomic E-state index is 12.3. The minimum Gasteiger partial charge on any atom is -0.493 e. The van der Waals surface area contributed by atoms with Crippen LogP contribution in [0.2, 0.25) is 0 Å². The predicted molar refractivity (Wildman–Crippen MR) is 75.5 cm³/mol. The fourth-order valence-corrected chi connectivity index (χ4v) is 1.74. The standard InChI is InChI=1S/C15H22F3NO2/c1-10(8-19)9-20-13-7-11(21-15(16,17)18)5-6-12(13)14(2,3)4/h5-7,10H,8-9,19H2,1-4H3. The van der Waals surface area contributed by atoms with E-state index < -0.39 is 6.36 Å². The smallest absolute Gasteiger partial charge is 0.493 e. The van der Waals surface area contributed by atoms with E-state index in [0.717, 1.165) is 5.56 Å². The van der Waals surface area contributed by atoms with Gasteiger partial charge in [0.1, 0.15) is 11.5 Å². The van der Waals surface area contributed by atoms with Crippen LogP contribution in [-0.4, -0.2) is 19.5 Å². The van der Waals surface area contributed by atoms with Crippen molar-refractivity contribution in [3.05, 3.63) is 23.8 Å². The number of halogens is 3. The Labute approximate surface area is 123 Å². The molecular weight excluding hydrogens is 283 g/mol. The molecule has 0 aliphatic carbocycles. The summed E-state index contributed by atoms with van der Waals surface area (Å²) in [5, 5.41) is 0. The molecule has 120 valence electrons. The Kier molecular flexibility index (Phi) is 5.50. The van der Waals surface area contributed by atoms with Gasteiger partial charge in [0.15, 0.2) is 0 Å². The number of alkyl halides is 3. The second-order valence-electron chi connectivity index (χ2n) is 6.11. The van der Waals surface area contributed by atoms with Crippen LogP contribution in [-0.2, 0) is 5.41 Å². The highest BCUT2D eigenvalue weighted by Gasteiger charge is 2.32. The van der Waals surface area contributed by atoms with E-state index in [1.165, 1.54) is 12.1 Å². The van der Waals surface area contributed by atoms with Gasteiger partial charge in [-0.1, -0.05) is 33.8 Å². The monoisotopic (exact) mass is 305 g/mol. The lowest BCUT2D eigenvalue weighted by atomic mass is 9.86. The summed E-state index contributed by atoms with van der Waals surface area (Å²) >= 11 is 0. The van der Waals surface area contributed by atoms with E-state index in [4.69, 9.17) is 10.5 Å². The van der Waals surface area contributed by atoms with Crippen LogP contribution in [0.5, 0.6) is 11.5 Å². The highest BCUT2D eigenvalue weighted by Crippen LogP contribution is 2.36. The zero-order valence-corrected chi connectivity index (χ0v) is 12.8. The van der Waals surface area contributed by atoms with Crippen molar-refractivity contribution in [1.29, 1.82) is 0 Å². The summed E-state index contributed by atoms with van der Waals surface area (Å²) in [5.74, 6) is 0.223. The molecule has 0 amide bonds. The molecule has 0 spiro atoms. The van der Waals surface area contributed by atoms with Crippen molar-refractivity contribution in [2.45, 2.75) is 39.5 Å². The molecule has 6 heteroatoms. The summed E-state index contributed by atoms with van der Waals surface area (Å²) in [7, 11) is 0. The van der Waals surface area contributed by atoms with E-state index in [1.54, 1.807) is 6.07 Å². The number of ether oxygens (including phenoxy) is 2. The van der Waals surface area contributed by atoms with Crippen molar-refractivity contribution in [1.82, 2.24) is 0 Å². The number of nitrogens with two attached hydrogens (primary N) is 1. The molecule has 0 fully saturated rings. The summed E-state index contributed by atoms with van der Waals surface area (Å²) < 4.78 is 46.5. The Bertz CT molecular complexity index is 467. The Hall–Kier alpha value is -1.43. The van der Waals surface area contributed by atoms with Gasteiger partial charge in [0, 0.05) is 12.0 Å². The molecule has 0 saturated heterocycles.